The third-order valence-electron chi connectivity index (χ3n) is 4.09. The Labute approximate surface area is 162 Å². The number of aromatic nitrogens is 1. The number of hydrogen-bond donors (Lipinski definition) is 2. The second-order valence-corrected chi connectivity index (χ2v) is 6.08. The number of methoxy groups -OCH3 is 1. The molecule has 2 aromatic rings. The number of benzene rings is 1. The zero-order valence-corrected chi connectivity index (χ0v) is 15.9. The van der Waals surface area contributed by atoms with E-state index in [1.165, 1.54) is 31.0 Å². The predicted octanol–water partition coefficient (Wildman–Crippen LogP) is 0.939. The van der Waals surface area contributed by atoms with Gasteiger partial charge in [-0.2, -0.15) is 0 Å². The molecular weight excluding hydrogens is 362 g/mol. The highest BCUT2D eigenvalue weighted by atomic mass is 16.5. The maximum atomic E-state index is 12.6. The number of ether oxygens (including phenoxy) is 1. The van der Waals surface area contributed by atoms with E-state index in [9.17, 15) is 19.2 Å². The van der Waals surface area contributed by atoms with Gasteiger partial charge < -0.3 is 19.9 Å². The molecular formula is C20H23N3O5. The lowest BCUT2D eigenvalue weighted by molar-refractivity contribution is -0.140. The minimum absolute atomic E-state index is 0.111. The van der Waals surface area contributed by atoms with Crippen LogP contribution < -0.4 is 16.2 Å². The second kappa shape index (κ2) is 10.1. The lowest BCUT2D eigenvalue weighted by atomic mass is 10.1. The van der Waals surface area contributed by atoms with E-state index in [4.69, 9.17) is 0 Å². The molecule has 148 valence electrons. The summed E-state index contributed by atoms with van der Waals surface area (Å²) in [5.74, 6) is -1.35. The van der Waals surface area contributed by atoms with Crippen molar-refractivity contribution in [1.82, 2.24) is 15.2 Å². The molecule has 0 radical (unpaired) electrons. The largest absolute Gasteiger partial charge is 0.469 e. The van der Waals surface area contributed by atoms with Crippen molar-refractivity contribution >= 4 is 17.8 Å². The van der Waals surface area contributed by atoms with Crippen molar-refractivity contribution in [2.24, 2.45) is 0 Å². The molecule has 0 aliphatic heterocycles. The highest BCUT2D eigenvalue weighted by molar-refractivity contribution is 5.99. The summed E-state index contributed by atoms with van der Waals surface area (Å²) >= 11 is 0. The molecule has 0 saturated carbocycles. The Balaban J connectivity index is 2.24. The molecule has 2 N–H and O–H groups in total. The number of amides is 2. The Hall–Kier alpha value is -3.42. The van der Waals surface area contributed by atoms with Crippen molar-refractivity contribution in [3.8, 4) is 0 Å². The Morgan fingerprint density at radius 2 is 1.82 bits per heavy atom. The molecule has 0 spiro atoms. The molecule has 0 aliphatic carbocycles. The summed E-state index contributed by atoms with van der Waals surface area (Å²) in [7, 11) is 2.72. The monoisotopic (exact) mass is 385 g/mol. The normalized spacial score (nSPS) is 10.2. The third kappa shape index (κ3) is 5.54. The van der Waals surface area contributed by atoms with Crippen LogP contribution in [-0.4, -0.2) is 43.1 Å². The summed E-state index contributed by atoms with van der Waals surface area (Å²) in [5.41, 5.74) is 0.460. The highest BCUT2D eigenvalue weighted by Gasteiger charge is 2.17. The van der Waals surface area contributed by atoms with E-state index in [1.54, 1.807) is 0 Å². The molecule has 0 saturated heterocycles. The molecule has 0 unspecified atom stereocenters. The Morgan fingerprint density at radius 1 is 1.11 bits per heavy atom. The minimum Gasteiger partial charge on any atom is -0.469 e. The van der Waals surface area contributed by atoms with Gasteiger partial charge in [0.15, 0.2) is 0 Å². The van der Waals surface area contributed by atoms with Crippen LogP contribution >= 0.6 is 0 Å². The molecule has 2 amide bonds. The summed E-state index contributed by atoms with van der Waals surface area (Å²) in [6, 6.07) is 10.5. The fraction of sp³-hybridized carbons (Fsp3) is 0.300. The van der Waals surface area contributed by atoms with Crippen LogP contribution in [0.1, 0.15) is 39.1 Å². The lowest BCUT2D eigenvalue weighted by Crippen LogP contribution is -2.34. The average molecular weight is 385 g/mol. The number of nitrogens with zero attached hydrogens (tertiary/aromatic N) is 1. The first-order chi connectivity index (χ1) is 13.5. The summed E-state index contributed by atoms with van der Waals surface area (Å²) in [5, 5.41) is 5.09. The van der Waals surface area contributed by atoms with Gasteiger partial charge in [-0.3, -0.25) is 19.2 Å². The van der Waals surface area contributed by atoms with Gasteiger partial charge in [0.1, 0.15) is 5.56 Å². The third-order valence-corrected chi connectivity index (χ3v) is 4.09. The summed E-state index contributed by atoms with van der Waals surface area (Å²) in [6.45, 7) is 0.494. The maximum Gasteiger partial charge on any atom is 0.305 e. The van der Waals surface area contributed by atoms with E-state index in [2.05, 4.69) is 15.4 Å². The van der Waals surface area contributed by atoms with Crippen molar-refractivity contribution in [1.29, 1.82) is 0 Å². The number of rotatable bonds is 8. The molecule has 28 heavy (non-hydrogen) atoms. The van der Waals surface area contributed by atoms with Crippen molar-refractivity contribution < 1.29 is 19.1 Å². The molecule has 0 atom stereocenters. The van der Waals surface area contributed by atoms with Crippen molar-refractivity contribution in [3.63, 3.8) is 0 Å². The molecule has 0 bridgehead atoms. The molecule has 0 aliphatic rings. The molecule has 0 fully saturated rings. The van der Waals surface area contributed by atoms with Gasteiger partial charge in [0.25, 0.3) is 17.4 Å². The smallest absolute Gasteiger partial charge is 0.305 e. The van der Waals surface area contributed by atoms with Gasteiger partial charge in [0, 0.05) is 26.2 Å². The molecule has 8 nitrogen and oxygen atoms in total. The minimum atomic E-state index is -0.563. The van der Waals surface area contributed by atoms with Crippen LogP contribution in [0.5, 0.6) is 0 Å². The van der Waals surface area contributed by atoms with E-state index in [0.29, 0.717) is 6.42 Å². The summed E-state index contributed by atoms with van der Waals surface area (Å²) in [6.07, 6.45) is 2.04. The molecule has 1 heterocycles. The van der Waals surface area contributed by atoms with Gasteiger partial charge in [0.05, 0.1) is 19.2 Å². The fourth-order valence-electron chi connectivity index (χ4n) is 2.59. The summed E-state index contributed by atoms with van der Waals surface area (Å²) < 4.78 is 5.88. The van der Waals surface area contributed by atoms with Crippen molar-refractivity contribution in [3.05, 3.63) is 69.6 Å². The summed E-state index contributed by atoms with van der Waals surface area (Å²) in [4.78, 5) is 48.3. The first-order valence-electron chi connectivity index (χ1n) is 8.81. The van der Waals surface area contributed by atoms with Crippen molar-refractivity contribution in [2.45, 2.75) is 19.4 Å². The number of carbonyl (C=O) groups is 3. The molecule has 1 aromatic carbocycles. The van der Waals surface area contributed by atoms with Crippen LogP contribution in [0.15, 0.2) is 47.4 Å². The molecule has 1 aromatic heterocycles. The van der Waals surface area contributed by atoms with Gasteiger partial charge >= 0.3 is 5.97 Å². The number of nitrogens with one attached hydrogen (secondary N) is 2. The second-order valence-electron chi connectivity index (χ2n) is 6.08. The van der Waals surface area contributed by atoms with Gasteiger partial charge in [-0.1, -0.05) is 30.3 Å². The van der Waals surface area contributed by atoms with Gasteiger partial charge in [0.2, 0.25) is 0 Å². The van der Waals surface area contributed by atoms with Crippen LogP contribution in [0, 0.1) is 0 Å². The lowest BCUT2D eigenvalue weighted by Gasteiger charge is -2.12. The zero-order valence-electron chi connectivity index (χ0n) is 15.9. The zero-order chi connectivity index (χ0) is 20.5. The van der Waals surface area contributed by atoms with E-state index >= 15 is 0 Å². The number of carbonyl (C=O) groups excluding carboxylic acids is 3. The number of esters is 1. The predicted molar refractivity (Wildman–Crippen MR) is 103 cm³/mol. The van der Waals surface area contributed by atoms with E-state index in [1.807, 2.05) is 30.3 Å². The topological polar surface area (TPSA) is 106 Å². The van der Waals surface area contributed by atoms with Crippen LogP contribution in [0.4, 0.5) is 0 Å². The van der Waals surface area contributed by atoms with Gasteiger partial charge in [-0.05, 0) is 18.1 Å². The Bertz CT molecular complexity index is 906. The first-order valence-corrected chi connectivity index (χ1v) is 8.81. The van der Waals surface area contributed by atoms with Crippen LogP contribution in [0.3, 0.4) is 0 Å². The van der Waals surface area contributed by atoms with E-state index in [0.717, 1.165) is 5.56 Å². The number of pyridine rings is 1. The molecule has 2 rings (SSSR count). The Morgan fingerprint density at radius 3 is 2.46 bits per heavy atom. The average Bonchev–Trinajstić information content (AvgIpc) is 2.72. The Kier molecular flexibility index (Phi) is 7.50. The van der Waals surface area contributed by atoms with E-state index in [-0.39, 0.29) is 36.6 Å². The number of hydrogen-bond acceptors (Lipinski definition) is 5. The van der Waals surface area contributed by atoms with Crippen LogP contribution in [-0.2, 0) is 16.1 Å². The SMILES string of the molecule is CNC(=O)c1cc(C(=O)NCCCC(=O)OC)cn(Cc2ccccc2)c1=O. The van der Waals surface area contributed by atoms with Gasteiger partial charge in [-0.15, -0.1) is 0 Å². The fourth-order valence-corrected chi connectivity index (χ4v) is 2.59. The standard InChI is InChI=1S/C20H23N3O5/c1-21-19(26)16-11-15(18(25)22-10-6-9-17(24)28-2)13-23(20(16)27)12-14-7-4-3-5-8-14/h3-5,7-8,11,13H,6,9-10,12H2,1-2H3,(H,21,26)(H,22,25). The molecule has 8 heteroatoms. The van der Waals surface area contributed by atoms with Crippen molar-refractivity contribution in [2.75, 3.05) is 20.7 Å². The van der Waals surface area contributed by atoms with Crippen LogP contribution in [0.25, 0.3) is 0 Å². The van der Waals surface area contributed by atoms with Gasteiger partial charge in [-0.25, -0.2) is 0 Å². The maximum absolute atomic E-state index is 12.6. The van der Waals surface area contributed by atoms with E-state index < -0.39 is 17.4 Å². The highest BCUT2D eigenvalue weighted by Crippen LogP contribution is 2.06. The van der Waals surface area contributed by atoms with Crippen LogP contribution in [0.2, 0.25) is 0 Å². The quantitative estimate of drug-likeness (QED) is 0.520. The first kappa shape index (κ1) is 20.9.